The predicted molar refractivity (Wildman–Crippen MR) is 151 cm³/mol. The average Bonchev–Trinajstić information content (AvgIpc) is 3.37. The highest BCUT2D eigenvalue weighted by Crippen LogP contribution is 2.33. The zero-order valence-corrected chi connectivity index (χ0v) is 22.5. The lowest BCUT2D eigenvalue weighted by atomic mass is 9.83. The molecule has 7 heteroatoms. The molecule has 3 fully saturated rings. The zero-order valence-electron chi connectivity index (χ0n) is 22.5. The highest BCUT2D eigenvalue weighted by atomic mass is 16.6. The fraction of sp³-hybridized carbons (Fsp3) is 0.516. The molecule has 0 aliphatic carbocycles. The summed E-state index contributed by atoms with van der Waals surface area (Å²) in [4.78, 5) is 21.4. The van der Waals surface area contributed by atoms with Crippen molar-refractivity contribution in [3.63, 3.8) is 0 Å². The van der Waals surface area contributed by atoms with E-state index in [0.29, 0.717) is 5.88 Å². The first kappa shape index (κ1) is 25.3. The minimum Gasteiger partial charge on any atom is -0.497 e. The molecule has 3 saturated heterocycles. The standard InChI is InChI=1S/C31H40N4O3/c1-37-25-12-10-22(11-13-25)26-7-4-8-28-27(26)20-30(33-28)38-31(36)32-24-14-18-34(19-15-24)21-23-6-5-17-35-16-3-2-9-29(23)35/h4,7-8,10-13,20,23-24,29,33H,2-3,5-6,9,14-19,21H2,1H3,(H,32,36)/t23-,29+/m0/s1. The number of methoxy groups -OCH3 is 1. The van der Waals surface area contributed by atoms with Gasteiger partial charge in [0.1, 0.15) is 5.75 Å². The topological polar surface area (TPSA) is 69.8 Å². The van der Waals surface area contributed by atoms with E-state index < -0.39 is 0 Å². The largest absolute Gasteiger partial charge is 0.497 e. The van der Waals surface area contributed by atoms with Gasteiger partial charge in [0.15, 0.2) is 0 Å². The number of likely N-dealkylation sites (tertiary alicyclic amines) is 1. The van der Waals surface area contributed by atoms with Gasteiger partial charge in [-0.1, -0.05) is 30.7 Å². The Hall–Kier alpha value is -3.03. The number of nitrogens with one attached hydrogen (secondary N) is 2. The summed E-state index contributed by atoms with van der Waals surface area (Å²) in [5, 5.41) is 4.13. The van der Waals surface area contributed by atoms with Crippen LogP contribution in [0.5, 0.6) is 11.6 Å². The number of nitrogens with zero attached hydrogens (tertiary/aromatic N) is 2. The maximum Gasteiger partial charge on any atom is 0.414 e. The van der Waals surface area contributed by atoms with Gasteiger partial charge >= 0.3 is 6.09 Å². The van der Waals surface area contributed by atoms with Gasteiger partial charge in [-0.25, -0.2) is 4.79 Å². The molecular formula is C31H40N4O3. The third-order valence-corrected chi connectivity index (χ3v) is 8.87. The molecule has 202 valence electrons. The van der Waals surface area contributed by atoms with Gasteiger partial charge in [0, 0.05) is 48.7 Å². The first-order valence-electron chi connectivity index (χ1n) is 14.4. The zero-order chi connectivity index (χ0) is 25.9. The molecule has 6 rings (SSSR count). The van der Waals surface area contributed by atoms with E-state index in [2.05, 4.69) is 26.2 Å². The second-order valence-corrected chi connectivity index (χ2v) is 11.2. The Bertz CT molecular complexity index is 1230. The van der Waals surface area contributed by atoms with Gasteiger partial charge < -0.3 is 29.6 Å². The van der Waals surface area contributed by atoms with Gasteiger partial charge in [-0.3, -0.25) is 0 Å². The van der Waals surface area contributed by atoms with Crippen molar-refractivity contribution >= 4 is 17.0 Å². The van der Waals surface area contributed by atoms with Crippen molar-refractivity contribution in [2.75, 3.05) is 39.8 Å². The molecule has 2 aromatic carbocycles. The summed E-state index contributed by atoms with van der Waals surface area (Å²) in [6.45, 7) is 5.91. The van der Waals surface area contributed by atoms with Gasteiger partial charge in [-0.05, 0) is 86.9 Å². The smallest absolute Gasteiger partial charge is 0.414 e. The van der Waals surface area contributed by atoms with Crippen molar-refractivity contribution in [2.24, 2.45) is 5.92 Å². The first-order valence-corrected chi connectivity index (χ1v) is 14.4. The van der Waals surface area contributed by atoms with E-state index in [9.17, 15) is 4.79 Å². The minimum absolute atomic E-state index is 0.163. The number of rotatable bonds is 6. The van der Waals surface area contributed by atoms with E-state index in [0.717, 1.165) is 65.7 Å². The van der Waals surface area contributed by atoms with E-state index in [-0.39, 0.29) is 12.1 Å². The van der Waals surface area contributed by atoms with Crippen LogP contribution in [0.1, 0.15) is 44.9 Å². The van der Waals surface area contributed by atoms with Crippen molar-refractivity contribution in [1.29, 1.82) is 0 Å². The van der Waals surface area contributed by atoms with Crippen molar-refractivity contribution in [1.82, 2.24) is 20.1 Å². The van der Waals surface area contributed by atoms with Crippen molar-refractivity contribution < 1.29 is 14.3 Å². The summed E-state index contributed by atoms with van der Waals surface area (Å²) in [7, 11) is 1.67. The number of hydrogen-bond acceptors (Lipinski definition) is 5. The molecule has 3 aliphatic heterocycles. The minimum atomic E-state index is -0.383. The van der Waals surface area contributed by atoms with E-state index in [1.54, 1.807) is 7.11 Å². The number of amides is 1. The summed E-state index contributed by atoms with van der Waals surface area (Å²) in [6.07, 6.45) is 8.44. The van der Waals surface area contributed by atoms with Crippen molar-refractivity contribution in [3.8, 4) is 22.8 Å². The molecule has 4 heterocycles. The number of benzene rings is 2. The third-order valence-electron chi connectivity index (χ3n) is 8.87. The molecule has 3 aromatic rings. The Balaban J connectivity index is 1.02. The van der Waals surface area contributed by atoms with E-state index in [4.69, 9.17) is 9.47 Å². The van der Waals surface area contributed by atoms with Gasteiger partial charge in [-0.15, -0.1) is 0 Å². The number of carbonyl (C=O) groups excluding carboxylic acids is 1. The van der Waals surface area contributed by atoms with Gasteiger partial charge in [0.2, 0.25) is 5.88 Å². The Morgan fingerprint density at radius 1 is 0.974 bits per heavy atom. The predicted octanol–water partition coefficient (Wildman–Crippen LogP) is 5.66. The average molecular weight is 517 g/mol. The Labute approximate surface area is 225 Å². The van der Waals surface area contributed by atoms with Gasteiger partial charge in [0.05, 0.1) is 7.11 Å². The fourth-order valence-electron chi connectivity index (χ4n) is 6.88. The number of piperidine rings is 3. The van der Waals surface area contributed by atoms with Crippen LogP contribution in [0.25, 0.3) is 22.0 Å². The monoisotopic (exact) mass is 516 g/mol. The molecule has 0 unspecified atom stereocenters. The molecule has 1 aromatic heterocycles. The lowest BCUT2D eigenvalue weighted by molar-refractivity contribution is 0.0353. The van der Waals surface area contributed by atoms with Crippen LogP contribution in [0.4, 0.5) is 4.79 Å². The molecule has 7 nitrogen and oxygen atoms in total. The molecule has 0 saturated carbocycles. The maximum absolute atomic E-state index is 12.8. The SMILES string of the molecule is COc1ccc(-c2cccc3[nH]c(OC(=O)NC4CCN(C[C@@H]5CCCN6CCCC[C@H]56)CC4)cc23)cc1. The summed E-state index contributed by atoms with van der Waals surface area (Å²) in [5.41, 5.74) is 3.11. The Morgan fingerprint density at radius 3 is 2.61 bits per heavy atom. The number of aromatic nitrogens is 1. The first-order chi connectivity index (χ1) is 18.7. The van der Waals surface area contributed by atoms with E-state index in [1.807, 2.05) is 42.5 Å². The fourth-order valence-corrected chi connectivity index (χ4v) is 6.88. The molecule has 0 spiro atoms. The quantitative estimate of drug-likeness (QED) is 0.442. The van der Waals surface area contributed by atoms with Gasteiger partial charge in [0.25, 0.3) is 0 Å². The third kappa shape index (κ3) is 5.54. The van der Waals surface area contributed by atoms with Crippen LogP contribution in [0.3, 0.4) is 0 Å². The summed E-state index contributed by atoms with van der Waals surface area (Å²) in [6, 6.07) is 17.0. The summed E-state index contributed by atoms with van der Waals surface area (Å²) >= 11 is 0. The second-order valence-electron chi connectivity index (χ2n) is 11.2. The summed E-state index contributed by atoms with van der Waals surface area (Å²) in [5.74, 6) is 2.10. The number of fused-ring (bicyclic) bond motifs is 2. The normalized spacial score (nSPS) is 23.2. The molecule has 38 heavy (non-hydrogen) atoms. The molecule has 2 atom stereocenters. The van der Waals surface area contributed by atoms with Crippen LogP contribution in [-0.4, -0.2) is 72.8 Å². The molecular weight excluding hydrogens is 476 g/mol. The van der Waals surface area contributed by atoms with Crippen LogP contribution >= 0.6 is 0 Å². The van der Waals surface area contributed by atoms with Crippen LogP contribution in [0.2, 0.25) is 0 Å². The van der Waals surface area contributed by atoms with Crippen molar-refractivity contribution in [2.45, 2.75) is 57.0 Å². The van der Waals surface area contributed by atoms with E-state index >= 15 is 0 Å². The molecule has 0 bridgehead atoms. The molecule has 1 amide bonds. The number of aromatic amines is 1. The maximum atomic E-state index is 12.8. The number of H-pyrrole nitrogens is 1. The molecule has 3 aliphatic rings. The van der Waals surface area contributed by atoms with Crippen LogP contribution in [0.15, 0.2) is 48.5 Å². The van der Waals surface area contributed by atoms with Crippen LogP contribution in [0, 0.1) is 5.92 Å². The Kier molecular flexibility index (Phi) is 7.56. The number of hydrogen-bond donors (Lipinski definition) is 2. The lowest BCUT2D eigenvalue weighted by Crippen LogP contribution is -2.52. The summed E-state index contributed by atoms with van der Waals surface area (Å²) < 4.78 is 11.0. The van der Waals surface area contributed by atoms with Crippen LogP contribution < -0.4 is 14.8 Å². The highest BCUT2D eigenvalue weighted by Gasteiger charge is 2.34. The number of ether oxygens (including phenoxy) is 2. The molecule has 2 N–H and O–H groups in total. The van der Waals surface area contributed by atoms with Gasteiger partial charge in [-0.2, -0.15) is 0 Å². The Morgan fingerprint density at radius 2 is 1.79 bits per heavy atom. The number of carbonyl (C=O) groups is 1. The van der Waals surface area contributed by atoms with Crippen LogP contribution in [-0.2, 0) is 0 Å². The second kappa shape index (κ2) is 11.4. The van der Waals surface area contributed by atoms with Crippen molar-refractivity contribution in [3.05, 3.63) is 48.5 Å². The molecule has 0 radical (unpaired) electrons. The highest BCUT2D eigenvalue weighted by molar-refractivity contribution is 5.96. The van der Waals surface area contributed by atoms with E-state index in [1.165, 1.54) is 51.7 Å². The lowest BCUT2D eigenvalue weighted by Gasteiger charge is -2.46.